The van der Waals surface area contributed by atoms with E-state index >= 15 is 0 Å². The fraction of sp³-hybridized carbons (Fsp3) is 0.167. The summed E-state index contributed by atoms with van der Waals surface area (Å²) in [5.41, 5.74) is 0.745. The molecule has 2 N–H and O–H groups in total. The van der Waals surface area contributed by atoms with Gasteiger partial charge >= 0.3 is 5.97 Å². The normalized spacial score (nSPS) is 10.1. The second kappa shape index (κ2) is 5.76. The molecule has 7 heteroatoms. The smallest absolute Gasteiger partial charge is 0.335 e. The molecule has 2 rings (SSSR count). The van der Waals surface area contributed by atoms with Gasteiger partial charge in [0.1, 0.15) is 12.7 Å². The van der Waals surface area contributed by atoms with E-state index in [1.165, 1.54) is 24.8 Å². The van der Waals surface area contributed by atoms with Crippen LogP contribution in [0, 0.1) is 0 Å². The number of nitrogens with one attached hydrogen (secondary N) is 1. The maximum atomic E-state index is 11.6. The Morgan fingerprint density at radius 1 is 1.26 bits per heavy atom. The molecule has 0 saturated heterocycles. The number of amides is 1. The van der Waals surface area contributed by atoms with Crippen LogP contribution in [0.25, 0.3) is 0 Å². The second-order valence-corrected chi connectivity index (χ2v) is 3.84. The lowest BCUT2D eigenvalue weighted by molar-refractivity contribution is -0.116. The molecule has 0 saturated carbocycles. The van der Waals surface area contributed by atoms with Crippen LogP contribution >= 0.6 is 0 Å². The molecule has 0 aliphatic rings. The van der Waals surface area contributed by atoms with Gasteiger partial charge in [-0.2, -0.15) is 5.10 Å². The molecular formula is C12H12N4O3. The van der Waals surface area contributed by atoms with Gasteiger partial charge in [0.2, 0.25) is 5.91 Å². The van der Waals surface area contributed by atoms with E-state index in [0.29, 0.717) is 12.2 Å². The zero-order valence-electron chi connectivity index (χ0n) is 9.98. The monoisotopic (exact) mass is 260 g/mol. The molecule has 0 atom stereocenters. The number of aromatic nitrogens is 3. The van der Waals surface area contributed by atoms with Crippen molar-refractivity contribution in [2.75, 3.05) is 5.32 Å². The minimum absolute atomic E-state index is 0.168. The van der Waals surface area contributed by atoms with E-state index in [2.05, 4.69) is 15.4 Å². The number of hydrogen-bond acceptors (Lipinski definition) is 4. The standard InChI is InChI=1S/C12H12N4O3/c17-11(5-6-16-8-13-7-14-16)15-10-3-1-9(2-4-10)12(18)19/h1-4,7-8H,5-6H2,(H,15,17)(H,18,19). The van der Waals surface area contributed by atoms with Crippen molar-refractivity contribution in [1.29, 1.82) is 0 Å². The number of carbonyl (C=O) groups is 2. The van der Waals surface area contributed by atoms with Gasteiger partial charge in [0.05, 0.1) is 12.1 Å². The quantitative estimate of drug-likeness (QED) is 0.836. The molecule has 7 nitrogen and oxygen atoms in total. The molecule has 1 amide bonds. The van der Waals surface area contributed by atoms with Crippen LogP contribution in [0.2, 0.25) is 0 Å². The van der Waals surface area contributed by atoms with E-state index in [9.17, 15) is 9.59 Å². The number of carboxylic acids is 1. The van der Waals surface area contributed by atoms with E-state index in [0.717, 1.165) is 0 Å². The van der Waals surface area contributed by atoms with Crippen molar-refractivity contribution in [3.63, 3.8) is 0 Å². The zero-order chi connectivity index (χ0) is 13.7. The third-order valence-electron chi connectivity index (χ3n) is 2.45. The van der Waals surface area contributed by atoms with Gasteiger partial charge in [0, 0.05) is 12.1 Å². The molecule has 0 aliphatic carbocycles. The first-order valence-corrected chi connectivity index (χ1v) is 5.61. The molecule has 1 aromatic heterocycles. The topological polar surface area (TPSA) is 97.1 Å². The Morgan fingerprint density at radius 3 is 2.58 bits per heavy atom. The van der Waals surface area contributed by atoms with Gasteiger partial charge in [-0.3, -0.25) is 9.48 Å². The van der Waals surface area contributed by atoms with Crippen molar-refractivity contribution in [3.05, 3.63) is 42.5 Å². The number of anilines is 1. The maximum absolute atomic E-state index is 11.6. The van der Waals surface area contributed by atoms with Crippen LogP contribution in [0.3, 0.4) is 0 Å². The average molecular weight is 260 g/mol. The Labute approximate surface area is 108 Å². The van der Waals surface area contributed by atoms with Crippen molar-refractivity contribution < 1.29 is 14.7 Å². The Kier molecular flexibility index (Phi) is 3.87. The second-order valence-electron chi connectivity index (χ2n) is 3.84. The minimum atomic E-state index is -0.996. The Morgan fingerprint density at radius 2 is 2.00 bits per heavy atom. The largest absolute Gasteiger partial charge is 0.478 e. The van der Waals surface area contributed by atoms with Gasteiger partial charge in [-0.1, -0.05) is 0 Å². The van der Waals surface area contributed by atoms with E-state index in [1.807, 2.05) is 0 Å². The van der Waals surface area contributed by atoms with Crippen LogP contribution in [0.15, 0.2) is 36.9 Å². The molecule has 0 aliphatic heterocycles. The van der Waals surface area contributed by atoms with Crippen LogP contribution in [0.1, 0.15) is 16.8 Å². The Bertz CT molecular complexity index is 563. The minimum Gasteiger partial charge on any atom is -0.478 e. The number of nitrogens with zero attached hydrogens (tertiary/aromatic N) is 3. The molecule has 98 valence electrons. The predicted octanol–water partition coefficient (Wildman–Crippen LogP) is 1.01. The summed E-state index contributed by atoms with van der Waals surface area (Å²) >= 11 is 0. The number of aromatic carboxylic acids is 1. The SMILES string of the molecule is O=C(CCn1cncn1)Nc1ccc(C(=O)O)cc1. The summed E-state index contributed by atoms with van der Waals surface area (Å²) in [6, 6.07) is 5.98. The highest BCUT2D eigenvalue weighted by atomic mass is 16.4. The molecule has 2 aromatic rings. The predicted molar refractivity (Wildman–Crippen MR) is 66.7 cm³/mol. The Balaban J connectivity index is 1.86. The van der Waals surface area contributed by atoms with Crippen LogP contribution in [-0.2, 0) is 11.3 Å². The van der Waals surface area contributed by atoms with Crippen molar-refractivity contribution in [3.8, 4) is 0 Å². The number of carbonyl (C=O) groups excluding carboxylic acids is 1. The molecule has 1 aromatic carbocycles. The van der Waals surface area contributed by atoms with Crippen LogP contribution in [0.4, 0.5) is 5.69 Å². The lowest BCUT2D eigenvalue weighted by Gasteiger charge is -2.05. The molecule has 0 bridgehead atoms. The van der Waals surface area contributed by atoms with Gasteiger partial charge in [-0.25, -0.2) is 9.78 Å². The van der Waals surface area contributed by atoms with E-state index < -0.39 is 5.97 Å². The molecule has 0 fully saturated rings. The summed E-state index contributed by atoms with van der Waals surface area (Å²) in [5.74, 6) is -1.16. The van der Waals surface area contributed by atoms with Crippen molar-refractivity contribution >= 4 is 17.6 Å². The van der Waals surface area contributed by atoms with Gasteiger partial charge in [0.25, 0.3) is 0 Å². The van der Waals surface area contributed by atoms with Crippen molar-refractivity contribution in [2.24, 2.45) is 0 Å². The molecule has 19 heavy (non-hydrogen) atoms. The van der Waals surface area contributed by atoms with E-state index in [4.69, 9.17) is 5.11 Å². The number of carboxylic acid groups (broad SMARTS) is 1. The third-order valence-corrected chi connectivity index (χ3v) is 2.45. The number of hydrogen-bond donors (Lipinski definition) is 2. The fourth-order valence-electron chi connectivity index (χ4n) is 1.48. The first kappa shape index (κ1) is 12.7. The lowest BCUT2D eigenvalue weighted by atomic mass is 10.2. The summed E-state index contributed by atoms with van der Waals surface area (Å²) in [6.45, 7) is 0.443. The molecule has 0 radical (unpaired) electrons. The highest BCUT2D eigenvalue weighted by Gasteiger charge is 2.05. The zero-order valence-corrected chi connectivity index (χ0v) is 9.98. The van der Waals surface area contributed by atoms with Crippen molar-refractivity contribution in [1.82, 2.24) is 14.8 Å². The third kappa shape index (κ3) is 3.63. The fourth-order valence-corrected chi connectivity index (χ4v) is 1.48. The van der Waals surface area contributed by atoms with Gasteiger partial charge in [0.15, 0.2) is 0 Å². The summed E-state index contributed by atoms with van der Waals surface area (Å²) in [4.78, 5) is 26.1. The van der Waals surface area contributed by atoms with Gasteiger partial charge in [-0.15, -0.1) is 0 Å². The summed E-state index contributed by atoms with van der Waals surface area (Å²) in [7, 11) is 0. The van der Waals surface area contributed by atoms with E-state index in [-0.39, 0.29) is 17.9 Å². The number of benzene rings is 1. The molecule has 1 heterocycles. The summed E-state index contributed by atoms with van der Waals surface area (Å²) in [5, 5.41) is 15.3. The first-order chi connectivity index (χ1) is 9.15. The van der Waals surface area contributed by atoms with Crippen LogP contribution < -0.4 is 5.32 Å². The first-order valence-electron chi connectivity index (χ1n) is 5.61. The molecular weight excluding hydrogens is 248 g/mol. The molecule has 0 unspecified atom stereocenters. The average Bonchev–Trinajstić information content (AvgIpc) is 2.90. The highest BCUT2D eigenvalue weighted by molar-refractivity contribution is 5.92. The lowest BCUT2D eigenvalue weighted by Crippen LogP contribution is -2.14. The number of rotatable bonds is 5. The Hall–Kier alpha value is -2.70. The highest BCUT2D eigenvalue weighted by Crippen LogP contribution is 2.10. The maximum Gasteiger partial charge on any atom is 0.335 e. The van der Waals surface area contributed by atoms with Crippen LogP contribution in [0.5, 0.6) is 0 Å². The van der Waals surface area contributed by atoms with E-state index in [1.54, 1.807) is 16.8 Å². The van der Waals surface area contributed by atoms with Crippen molar-refractivity contribution in [2.45, 2.75) is 13.0 Å². The molecule has 0 spiro atoms. The number of aryl methyl sites for hydroxylation is 1. The van der Waals surface area contributed by atoms with Gasteiger partial charge < -0.3 is 10.4 Å². The summed E-state index contributed by atoms with van der Waals surface area (Å²) in [6.07, 6.45) is 3.21. The van der Waals surface area contributed by atoms with Crippen LogP contribution in [-0.4, -0.2) is 31.7 Å². The summed E-state index contributed by atoms with van der Waals surface area (Å²) < 4.78 is 1.56. The van der Waals surface area contributed by atoms with Gasteiger partial charge in [-0.05, 0) is 24.3 Å².